The van der Waals surface area contributed by atoms with E-state index in [1.165, 1.54) is 24.6 Å². The number of halogens is 4. The van der Waals surface area contributed by atoms with Gasteiger partial charge in [0.1, 0.15) is 5.82 Å². The molecule has 2 aliphatic heterocycles. The molecule has 0 radical (unpaired) electrons. The van der Waals surface area contributed by atoms with Gasteiger partial charge in [0.15, 0.2) is 17.0 Å². The van der Waals surface area contributed by atoms with E-state index in [4.69, 9.17) is 4.74 Å². The number of fused-ring (bicyclic) bond motifs is 2. The zero-order chi connectivity index (χ0) is 23.9. The molecule has 34 heavy (non-hydrogen) atoms. The first kappa shape index (κ1) is 22.8. The number of alkyl halides is 3. The van der Waals surface area contributed by atoms with Gasteiger partial charge in [-0.3, -0.25) is 4.90 Å². The first-order chi connectivity index (χ1) is 16.3. The highest BCUT2D eigenvalue weighted by atomic mass is 19.4. The van der Waals surface area contributed by atoms with Gasteiger partial charge in [-0.25, -0.2) is 18.7 Å². The van der Waals surface area contributed by atoms with Gasteiger partial charge in [-0.1, -0.05) is 6.42 Å². The molecule has 2 saturated heterocycles. The number of esters is 1. The summed E-state index contributed by atoms with van der Waals surface area (Å²) in [4.78, 5) is 19.4. The quantitative estimate of drug-likeness (QED) is 0.393. The SMILES string of the molecule is O=C(OCC1CCCN2CCCCC12)c1cc2nc(-c3ccc(F)cc3)cc(C(F)(F)F)n2n1. The number of hydrogen-bond acceptors (Lipinski definition) is 5. The number of aromatic nitrogens is 3. The summed E-state index contributed by atoms with van der Waals surface area (Å²) in [5.74, 6) is -1.07. The summed E-state index contributed by atoms with van der Waals surface area (Å²) >= 11 is 0. The van der Waals surface area contributed by atoms with Gasteiger partial charge in [0, 0.05) is 23.6 Å². The normalized spacial score (nSPS) is 21.4. The fourth-order valence-electron chi connectivity index (χ4n) is 5.07. The minimum absolute atomic E-state index is 0.000706. The lowest BCUT2D eigenvalue weighted by Crippen LogP contribution is -2.49. The average molecular weight is 476 g/mol. The van der Waals surface area contributed by atoms with Crippen molar-refractivity contribution in [1.29, 1.82) is 0 Å². The molecule has 2 unspecified atom stereocenters. The van der Waals surface area contributed by atoms with Gasteiger partial charge in [-0.2, -0.15) is 18.3 Å². The Labute approximate surface area is 193 Å². The second-order valence-electron chi connectivity index (χ2n) is 8.93. The van der Waals surface area contributed by atoms with Gasteiger partial charge in [0.25, 0.3) is 0 Å². The van der Waals surface area contributed by atoms with E-state index < -0.39 is 23.7 Å². The molecule has 3 aromatic rings. The lowest BCUT2D eigenvalue weighted by atomic mass is 9.84. The first-order valence-electron chi connectivity index (χ1n) is 11.4. The molecule has 0 N–H and O–H groups in total. The maximum absolute atomic E-state index is 13.8. The molecule has 2 aromatic heterocycles. The molecule has 0 spiro atoms. The zero-order valence-corrected chi connectivity index (χ0v) is 18.4. The van der Waals surface area contributed by atoms with E-state index in [-0.39, 0.29) is 29.6 Å². The van der Waals surface area contributed by atoms with Crippen LogP contribution in [-0.2, 0) is 10.9 Å². The van der Waals surface area contributed by atoms with Crippen molar-refractivity contribution in [2.75, 3.05) is 19.7 Å². The number of piperidine rings is 2. The maximum Gasteiger partial charge on any atom is 0.433 e. The van der Waals surface area contributed by atoms with Gasteiger partial charge in [0.2, 0.25) is 0 Å². The van der Waals surface area contributed by atoms with Gasteiger partial charge < -0.3 is 4.74 Å². The van der Waals surface area contributed by atoms with Crippen molar-refractivity contribution in [3.05, 3.63) is 53.6 Å². The van der Waals surface area contributed by atoms with E-state index in [1.807, 2.05) is 0 Å². The first-order valence-corrected chi connectivity index (χ1v) is 11.4. The van der Waals surface area contributed by atoms with E-state index in [9.17, 15) is 22.4 Å². The number of hydrogen-bond donors (Lipinski definition) is 0. The van der Waals surface area contributed by atoms with Crippen molar-refractivity contribution in [3.63, 3.8) is 0 Å². The lowest BCUT2D eigenvalue weighted by Gasteiger charge is -2.44. The Morgan fingerprint density at radius 2 is 1.82 bits per heavy atom. The second kappa shape index (κ2) is 8.98. The third-order valence-corrected chi connectivity index (χ3v) is 6.72. The van der Waals surface area contributed by atoms with Crippen LogP contribution in [0.15, 0.2) is 36.4 Å². The minimum Gasteiger partial charge on any atom is -0.461 e. The molecule has 0 bridgehead atoms. The standard InChI is InChI=1S/C24H24F4N4O2/c25-17-8-6-15(7-9-17)18-12-21(24(26,27)28)32-22(29-18)13-19(30-32)23(33)34-14-16-4-3-11-31-10-2-1-5-20(16)31/h6-9,12-13,16,20H,1-5,10-11,14H2. The van der Waals surface area contributed by atoms with Crippen LogP contribution in [0.2, 0.25) is 0 Å². The Balaban J connectivity index is 1.40. The molecule has 2 atom stereocenters. The highest BCUT2D eigenvalue weighted by Crippen LogP contribution is 2.33. The van der Waals surface area contributed by atoms with Crippen molar-refractivity contribution in [1.82, 2.24) is 19.5 Å². The van der Waals surface area contributed by atoms with Crippen molar-refractivity contribution in [3.8, 4) is 11.3 Å². The number of carbonyl (C=O) groups is 1. The molecule has 0 saturated carbocycles. The minimum atomic E-state index is -4.74. The summed E-state index contributed by atoms with van der Waals surface area (Å²) in [6.07, 6.45) is 0.662. The van der Waals surface area contributed by atoms with Crippen LogP contribution in [0.4, 0.5) is 17.6 Å². The van der Waals surface area contributed by atoms with Crippen LogP contribution in [-0.4, -0.2) is 51.2 Å². The smallest absolute Gasteiger partial charge is 0.433 e. The number of rotatable bonds is 4. The number of ether oxygens (including phenoxy) is 1. The van der Waals surface area contributed by atoms with Crippen LogP contribution >= 0.6 is 0 Å². The number of nitrogens with zero attached hydrogens (tertiary/aromatic N) is 4. The van der Waals surface area contributed by atoms with Gasteiger partial charge in [-0.15, -0.1) is 0 Å². The summed E-state index contributed by atoms with van der Waals surface area (Å²) in [7, 11) is 0. The molecule has 6 nitrogen and oxygen atoms in total. The van der Waals surface area contributed by atoms with Crippen LogP contribution in [0.3, 0.4) is 0 Å². The van der Waals surface area contributed by atoms with Gasteiger partial charge in [-0.05, 0) is 69.1 Å². The van der Waals surface area contributed by atoms with Crippen molar-refractivity contribution in [2.24, 2.45) is 5.92 Å². The van der Waals surface area contributed by atoms with Gasteiger partial charge >= 0.3 is 12.1 Å². The monoisotopic (exact) mass is 476 g/mol. The number of benzene rings is 1. The van der Waals surface area contributed by atoms with Crippen LogP contribution in [0, 0.1) is 11.7 Å². The van der Waals surface area contributed by atoms with E-state index in [1.54, 1.807) is 0 Å². The van der Waals surface area contributed by atoms with E-state index in [2.05, 4.69) is 15.0 Å². The molecule has 2 fully saturated rings. The zero-order valence-electron chi connectivity index (χ0n) is 18.4. The van der Waals surface area contributed by atoms with Crippen LogP contribution in [0.1, 0.15) is 48.3 Å². The van der Waals surface area contributed by atoms with E-state index in [0.717, 1.165) is 57.0 Å². The fraction of sp³-hybridized carbons (Fsp3) is 0.458. The highest BCUT2D eigenvalue weighted by Gasteiger charge is 2.36. The summed E-state index contributed by atoms with van der Waals surface area (Å²) in [5.41, 5.74) is -1.14. The summed E-state index contributed by atoms with van der Waals surface area (Å²) in [6.45, 7) is 2.34. The van der Waals surface area contributed by atoms with Crippen LogP contribution in [0.25, 0.3) is 16.9 Å². The number of carbonyl (C=O) groups excluding carboxylic acids is 1. The molecule has 2 aliphatic rings. The summed E-state index contributed by atoms with van der Waals surface area (Å²) < 4.78 is 60.7. The topological polar surface area (TPSA) is 59.7 Å². The fourth-order valence-corrected chi connectivity index (χ4v) is 5.07. The Morgan fingerprint density at radius 1 is 1.06 bits per heavy atom. The molecule has 10 heteroatoms. The van der Waals surface area contributed by atoms with Crippen LogP contribution < -0.4 is 0 Å². The summed E-state index contributed by atoms with van der Waals surface area (Å²) in [6, 6.07) is 7.39. The molecule has 0 amide bonds. The molecular weight excluding hydrogens is 452 g/mol. The molecular formula is C24H24F4N4O2. The Morgan fingerprint density at radius 3 is 2.59 bits per heavy atom. The van der Waals surface area contributed by atoms with Crippen molar-refractivity contribution < 1.29 is 27.1 Å². The summed E-state index contributed by atoms with van der Waals surface area (Å²) in [5, 5.41) is 3.86. The third kappa shape index (κ3) is 4.51. The second-order valence-corrected chi connectivity index (χ2v) is 8.93. The van der Waals surface area contributed by atoms with E-state index in [0.29, 0.717) is 16.1 Å². The lowest BCUT2D eigenvalue weighted by molar-refractivity contribution is -0.142. The Bertz CT molecular complexity index is 1190. The van der Waals surface area contributed by atoms with Crippen molar-refractivity contribution >= 4 is 11.6 Å². The van der Waals surface area contributed by atoms with Crippen LogP contribution in [0.5, 0.6) is 0 Å². The molecule has 4 heterocycles. The predicted molar refractivity (Wildman–Crippen MR) is 116 cm³/mol. The largest absolute Gasteiger partial charge is 0.461 e. The van der Waals surface area contributed by atoms with Crippen molar-refractivity contribution in [2.45, 2.75) is 44.3 Å². The van der Waals surface area contributed by atoms with E-state index >= 15 is 0 Å². The molecule has 180 valence electrons. The Hall–Kier alpha value is -3.01. The predicted octanol–water partition coefficient (Wildman–Crippen LogP) is 4.98. The maximum atomic E-state index is 13.8. The third-order valence-electron chi connectivity index (χ3n) is 6.72. The highest BCUT2D eigenvalue weighted by molar-refractivity contribution is 5.88. The molecule has 0 aliphatic carbocycles. The average Bonchev–Trinajstić information content (AvgIpc) is 3.26. The Kier molecular flexibility index (Phi) is 6.01. The molecule has 5 rings (SSSR count). The molecule has 1 aromatic carbocycles. The van der Waals surface area contributed by atoms with Gasteiger partial charge in [0.05, 0.1) is 12.3 Å².